The van der Waals surface area contributed by atoms with Gasteiger partial charge < -0.3 is 5.11 Å². The lowest BCUT2D eigenvalue weighted by Gasteiger charge is -2.11. The first-order chi connectivity index (χ1) is 8.22. The third-order valence-electron chi connectivity index (χ3n) is 3.02. The van der Waals surface area contributed by atoms with Crippen molar-refractivity contribution in [1.29, 1.82) is 0 Å². The van der Waals surface area contributed by atoms with E-state index in [9.17, 15) is 5.11 Å². The van der Waals surface area contributed by atoms with Crippen LogP contribution in [0.1, 0.15) is 41.7 Å². The Hall–Kier alpha value is -1.12. The zero-order valence-corrected chi connectivity index (χ0v) is 11.1. The van der Waals surface area contributed by atoms with Crippen LogP contribution in [0.5, 0.6) is 0 Å². The van der Waals surface area contributed by atoms with Gasteiger partial charge in [0.25, 0.3) is 0 Å². The number of aryl methyl sites for hydroxylation is 2. The first kappa shape index (κ1) is 12.3. The summed E-state index contributed by atoms with van der Waals surface area (Å²) in [5, 5.41) is 14.4. The fraction of sp³-hybridized carbons (Fsp3) is 0.333. The van der Waals surface area contributed by atoms with Gasteiger partial charge in [-0.15, -0.1) is 0 Å². The van der Waals surface area contributed by atoms with Gasteiger partial charge in [0.15, 0.2) is 0 Å². The average molecular weight is 246 g/mol. The van der Waals surface area contributed by atoms with E-state index in [-0.39, 0.29) is 0 Å². The Balaban J connectivity index is 2.20. The number of aliphatic hydroxyl groups excluding tert-OH is 1. The molecule has 90 valence electrons. The quantitative estimate of drug-likeness (QED) is 0.861. The molecule has 0 saturated heterocycles. The molecule has 1 aromatic heterocycles. The fourth-order valence-electron chi connectivity index (χ4n) is 1.99. The first-order valence-corrected chi connectivity index (χ1v) is 6.96. The van der Waals surface area contributed by atoms with Gasteiger partial charge >= 0.3 is 0 Å². The molecule has 1 aromatic carbocycles. The van der Waals surface area contributed by atoms with E-state index < -0.39 is 6.10 Å². The molecular formula is C15H18OS. The third-order valence-corrected chi connectivity index (χ3v) is 3.90. The molecular weight excluding hydrogens is 228 g/mol. The third kappa shape index (κ3) is 2.76. The van der Waals surface area contributed by atoms with Crippen molar-refractivity contribution in [2.75, 3.05) is 0 Å². The number of aliphatic hydroxyl groups is 1. The highest BCUT2D eigenvalue weighted by Gasteiger charge is 2.13. The number of hydrogen-bond donors (Lipinski definition) is 1. The number of rotatable bonds is 4. The molecule has 0 spiro atoms. The van der Waals surface area contributed by atoms with E-state index in [1.807, 2.05) is 24.4 Å². The molecule has 0 amide bonds. The molecule has 2 rings (SSSR count). The number of thiophene rings is 1. The van der Waals surface area contributed by atoms with Crippen LogP contribution in [0.25, 0.3) is 0 Å². The largest absolute Gasteiger partial charge is 0.384 e. The Morgan fingerprint density at radius 2 is 1.88 bits per heavy atom. The predicted molar refractivity (Wildman–Crippen MR) is 73.6 cm³/mol. The second-order valence-corrected chi connectivity index (χ2v) is 5.15. The summed E-state index contributed by atoms with van der Waals surface area (Å²) in [6, 6.07) is 8.30. The summed E-state index contributed by atoms with van der Waals surface area (Å²) in [7, 11) is 0. The topological polar surface area (TPSA) is 20.2 Å². The van der Waals surface area contributed by atoms with E-state index >= 15 is 0 Å². The molecule has 1 heterocycles. The first-order valence-electron chi connectivity index (χ1n) is 6.02. The molecule has 1 nitrogen and oxygen atoms in total. The van der Waals surface area contributed by atoms with Gasteiger partial charge in [-0.1, -0.05) is 37.6 Å². The van der Waals surface area contributed by atoms with Crippen LogP contribution in [0, 0.1) is 6.92 Å². The van der Waals surface area contributed by atoms with Crippen molar-refractivity contribution in [1.82, 2.24) is 0 Å². The van der Waals surface area contributed by atoms with E-state index in [2.05, 4.69) is 24.4 Å². The van der Waals surface area contributed by atoms with Crippen LogP contribution in [0.3, 0.4) is 0 Å². The molecule has 2 aromatic rings. The van der Waals surface area contributed by atoms with E-state index in [0.29, 0.717) is 0 Å². The minimum atomic E-state index is -0.489. The Morgan fingerprint density at radius 1 is 1.18 bits per heavy atom. The summed E-state index contributed by atoms with van der Waals surface area (Å²) in [5.41, 5.74) is 4.51. The van der Waals surface area contributed by atoms with E-state index in [4.69, 9.17) is 0 Å². The summed E-state index contributed by atoms with van der Waals surface area (Å²) in [6.45, 7) is 4.22. The molecule has 17 heavy (non-hydrogen) atoms. The highest BCUT2D eigenvalue weighted by atomic mass is 32.1. The maximum Gasteiger partial charge on any atom is 0.105 e. The normalized spacial score (nSPS) is 12.6. The van der Waals surface area contributed by atoms with Crippen molar-refractivity contribution in [2.24, 2.45) is 0 Å². The molecule has 0 radical (unpaired) electrons. The van der Waals surface area contributed by atoms with Gasteiger partial charge in [0.1, 0.15) is 6.10 Å². The summed E-state index contributed by atoms with van der Waals surface area (Å²) in [6.07, 6.45) is 1.77. The summed E-state index contributed by atoms with van der Waals surface area (Å²) >= 11 is 1.64. The van der Waals surface area contributed by atoms with Crippen LogP contribution in [-0.4, -0.2) is 5.11 Å². The van der Waals surface area contributed by atoms with Crippen LogP contribution in [-0.2, 0) is 6.42 Å². The van der Waals surface area contributed by atoms with Crippen molar-refractivity contribution in [3.05, 3.63) is 57.3 Å². The van der Waals surface area contributed by atoms with Gasteiger partial charge in [0.2, 0.25) is 0 Å². The fourth-order valence-corrected chi connectivity index (χ4v) is 2.85. The Kier molecular flexibility index (Phi) is 3.97. The average Bonchev–Trinajstić information content (AvgIpc) is 2.76. The summed E-state index contributed by atoms with van der Waals surface area (Å²) in [5.74, 6) is 0. The molecule has 0 aliphatic carbocycles. The SMILES string of the molecule is CCCc1ccc(C(O)c2cscc2C)cc1. The lowest BCUT2D eigenvalue weighted by atomic mass is 9.99. The van der Waals surface area contributed by atoms with Gasteiger partial charge in [0, 0.05) is 0 Å². The summed E-state index contributed by atoms with van der Waals surface area (Å²) < 4.78 is 0. The monoisotopic (exact) mass is 246 g/mol. The lowest BCUT2D eigenvalue weighted by Crippen LogP contribution is -1.99. The minimum absolute atomic E-state index is 0.489. The van der Waals surface area contributed by atoms with Gasteiger partial charge in [-0.05, 0) is 46.4 Å². The van der Waals surface area contributed by atoms with Crippen molar-refractivity contribution in [3.8, 4) is 0 Å². The lowest BCUT2D eigenvalue weighted by molar-refractivity contribution is 0.220. The van der Waals surface area contributed by atoms with E-state index in [0.717, 1.165) is 24.0 Å². The zero-order valence-electron chi connectivity index (χ0n) is 10.3. The van der Waals surface area contributed by atoms with Crippen LogP contribution in [0.15, 0.2) is 35.0 Å². The van der Waals surface area contributed by atoms with Crippen LogP contribution in [0.2, 0.25) is 0 Å². The predicted octanol–water partition coefficient (Wildman–Crippen LogP) is 4.09. The maximum absolute atomic E-state index is 10.3. The molecule has 1 unspecified atom stereocenters. The van der Waals surface area contributed by atoms with Crippen LogP contribution < -0.4 is 0 Å². The van der Waals surface area contributed by atoms with Gasteiger partial charge in [-0.3, -0.25) is 0 Å². The molecule has 1 atom stereocenters. The standard InChI is InChI=1S/C15H18OS/c1-3-4-12-5-7-13(8-6-12)15(16)14-10-17-9-11(14)2/h5-10,15-16H,3-4H2,1-2H3. The molecule has 1 N–H and O–H groups in total. The van der Waals surface area contributed by atoms with Crippen molar-refractivity contribution in [2.45, 2.75) is 32.8 Å². The molecule has 0 bridgehead atoms. The second-order valence-electron chi connectivity index (χ2n) is 4.40. The van der Waals surface area contributed by atoms with Crippen LogP contribution >= 0.6 is 11.3 Å². The smallest absolute Gasteiger partial charge is 0.105 e. The highest BCUT2D eigenvalue weighted by Crippen LogP contribution is 2.27. The Labute approximate surface area is 107 Å². The van der Waals surface area contributed by atoms with Gasteiger partial charge in [-0.2, -0.15) is 11.3 Å². The molecule has 0 fully saturated rings. The summed E-state index contributed by atoms with van der Waals surface area (Å²) in [4.78, 5) is 0. The van der Waals surface area contributed by atoms with E-state index in [1.165, 1.54) is 11.1 Å². The minimum Gasteiger partial charge on any atom is -0.384 e. The second kappa shape index (κ2) is 5.48. The maximum atomic E-state index is 10.3. The van der Waals surface area contributed by atoms with Gasteiger partial charge in [-0.25, -0.2) is 0 Å². The van der Waals surface area contributed by atoms with Crippen molar-refractivity contribution in [3.63, 3.8) is 0 Å². The zero-order chi connectivity index (χ0) is 12.3. The van der Waals surface area contributed by atoms with Crippen molar-refractivity contribution >= 4 is 11.3 Å². The number of hydrogen-bond acceptors (Lipinski definition) is 2. The Morgan fingerprint density at radius 3 is 2.41 bits per heavy atom. The van der Waals surface area contributed by atoms with Crippen LogP contribution in [0.4, 0.5) is 0 Å². The van der Waals surface area contributed by atoms with E-state index in [1.54, 1.807) is 11.3 Å². The van der Waals surface area contributed by atoms with Crippen molar-refractivity contribution < 1.29 is 5.11 Å². The molecule has 0 aliphatic rings. The van der Waals surface area contributed by atoms with Gasteiger partial charge in [0.05, 0.1) is 0 Å². The molecule has 0 aliphatic heterocycles. The molecule has 2 heteroatoms. The Bertz CT molecular complexity index is 470. The molecule has 0 saturated carbocycles. The highest BCUT2D eigenvalue weighted by molar-refractivity contribution is 7.08. The number of benzene rings is 1.